The minimum Gasteiger partial charge on any atom is -0.497 e. The number of para-hydroxylation sites is 1. The average molecular weight is 360 g/mol. The van der Waals surface area contributed by atoms with E-state index >= 15 is 0 Å². The third kappa shape index (κ3) is 3.72. The van der Waals surface area contributed by atoms with Crippen LogP contribution in [0.1, 0.15) is 18.1 Å². The van der Waals surface area contributed by atoms with Gasteiger partial charge in [0.25, 0.3) is 0 Å². The highest BCUT2D eigenvalue weighted by atomic mass is 16.5. The van der Waals surface area contributed by atoms with Gasteiger partial charge in [-0.25, -0.2) is 4.98 Å². The SMILES string of the molecule is COc1ccc(CCNc2ccnc(N3c4ccccc4CC3C)n2)cc1. The highest BCUT2D eigenvalue weighted by molar-refractivity contribution is 5.67. The van der Waals surface area contributed by atoms with Crippen LogP contribution in [-0.4, -0.2) is 29.7 Å². The van der Waals surface area contributed by atoms with Crippen molar-refractivity contribution in [2.24, 2.45) is 0 Å². The zero-order chi connectivity index (χ0) is 18.6. The van der Waals surface area contributed by atoms with Crippen LogP contribution in [0.4, 0.5) is 17.5 Å². The van der Waals surface area contributed by atoms with E-state index in [1.165, 1.54) is 16.8 Å². The molecule has 1 aliphatic heterocycles. The molecule has 0 fully saturated rings. The molecule has 5 nitrogen and oxygen atoms in total. The molecular formula is C22H24N4O. The van der Waals surface area contributed by atoms with E-state index < -0.39 is 0 Å². The first-order valence-electron chi connectivity index (χ1n) is 9.31. The summed E-state index contributed by atoms with van der Waals surface area (Å²) in [4.78, 5) is 11.5. The van der Waals surface area contributed by atoms with E-state index in [-0.39, 0.29) is 0 Å². The Morgan fingerprint density at radius 2 is 1.93 bits per heavy atom. The van der Waals surface area contributed by atoms with Crippen LogP contribution < -0.4 is 15.0 Å². The minimum absolute atomic E-state index is 0.358. The third-order valence-electron chi connectivity index (χ3n) is 4.94. The van der Waals surface area contributed by atoms with Gasteiger partial charge in [-0.1, -0.05) is 30.3 Å². The van der Waals surface area contributed by atoms with Crippen molar-refractivity contribution in [3.05, 3.63) is 71.9 Å². The van der Waals surface area contributed by atoms with Crippen LogP contribution in [0.25, 0.3) is 0 Å². The number of nitrogens with zero attached hydrogens (tertiary/aromatic N) is 3. The maximum absolute atomic E-state index is 5.20. The van der Waals surface area contributed by atoms with Crippen molar-refractivity contribution in [3.63, 3.8) is 0 Å². The summed E-state index contributed by atoms with van der Waals surface area (Å²) in [6.45, 7) is 3.03. The van der Waals surface area contributed by atoms with E-state index in [9.17, 15) is 0 Å². The Labute approximate surface area is 160 Å². The lowest BCUT2D eigenvalue weighted by molar-refractivity contribution is 0.414. The summed E-state index contributed by atoms with van der Waals surface area (Å²) >= 11 is 0. The molecule has 1 unspecified atom stereocenters. The molecule has 1 aromatic heterocycles. The highest BCUT2D eigenvalue weighted by Crippen LogP contribution is 2.36. The molecule has 0 saturated heterocycles. The molecule has 138 valence electrons. The monoisotopic (exact) mass is 360 g/mol. The van der Waals surface area contributed by atoms with Gasteiger partial charge in [0.2, 0.25) is 5.95 Å². The van der Waals surface area contributed by atoms with Crippen LogP contribution >= 0.6 is 0 Å². The summed E-state index contributed by atoms with van der Waals surface area (Å²) < 4.78 is 5.20. The van der Waals surface area contributed by atoms with E-state index in [2.05, 4.69) is 58.5 Å². The van der Waals surface area contributed by atoms with Crippen molar-refractivity contribution >= 4 is 17.5 Å². The second-order valence-electron chi connectivity index (χ2n) is 6.82. The summed E-state index contributed by atoms with van der Waals surface area (Å²) in [6.07, 6.45) is 3.77. The first-order chi connectivity index (χ1) is 13.2. The summed E-state index contributed by atoms with van der Waals surface area (Å²) in [7, 11) is 1.68. The Morgan fingerprint density at radius 1 is 1.11 bits per heavy atom. The maximum Gasteiger partial charge on any atom is 0.232 e. The number of hydrogen-bond donors (Lipinski definition) is 1. The van der Waals surface area contributed by atoms with Gasteiger partial charge in [0.05, 0.1) is 7.11 Å². The molecule has 0 saturated carbocycles. The van der Waals surface area contributed by atoms with Gasteiger partial charge in [-0.2, -0.15) is 4.98 Å². The van der Waals surface area contributed by atoms with Crippen LogP contribution in [0.2, 0.25) is 0 Å². The van der Waals surface area contributed by atoms with E-state index in [1.807, 2.05) is 24.4 Å². The molecule has 0 radical (unpaired) electrons. The molecule has 2 aromatic carbocycles. The molecule has 4 rings (SSSR count). The van der Waals surface area contributed by atoms with E-state index in [4.69, 9.17) is 9.72 Å². The molecule has 1 atom stereocenters. The van der Waals surface area contributed by atoms with Crippen molar-refractivity contribution in [2.75, 3.05) is 23.9 Å². The van der Waals surface area contributed by atoms with Crippen LogP contribution in [0.5, 0.6) is 5.75 Å². The van der Waals surface area contributed by atoms with Gasteiger partial charge < -0.3 is 15.0 Å². The lowest BCUT2D eigenvalue weighted by Crippen LogP contribution is -2.26. The molecule has 5 heteroatoms. The second kappa shape index (κ2) is 7.66. The van der Waals surface area contributed by atoms with Crippen molar-refractivity contribution in [3.8, 4) is 5.75 Å². The van der Waals surface area contributed by atoms with Gasteiger partial charge in [-0.05, 0) is 55.2 Å². The summed E-state index contributed by atoms with van der Waals surface area (Å²) in [5.41, 5.74) is 3.83. The second-order valence-corrected chi connectivity index (χ2v) is 6.82. The number of rotatable bonds is 6. The van der Waals surface area contributed by atoms with Crippen LogP contribution in [0.3, 0.4) is 0 Å². The Hall–Kier alpha value is -3.08. The fraction of sp³-hybridized carbons (Fsp3) is 0.273. The largest absolute Gasteiger partial charge is 0.497 e. The van der Waals surface area contributed by atoms with E-state index in [1.54, 1.807) is 7.11 Å². The van der Waals surface area contributed by atoms with Crippen LogP contribution in [0.15, 0.2) is 60.8 Å². The van der Waals surface area contributed by atoms with Gasteiger partial charge >= 0.3 is 0 Å². The van der Waals surface area contributed by atoms with Crippen LogP contribution in [-0.2, 0) is 12.8 Å². The predicted octanol–water partition coefficient (Wildman–Crippen LogP) is 4.22. The molecule has 2 heterocycles. The highest BCUT2D eigenvalue weighted by Gasteiger charge is 2.28. The number of anilines is 3. The van der Waals surface area contributed by atoms with Gasteiger partial charge in [0, 0.05) is 24.5 Å². The Kier molecular flexibility index (Phi) is 4.92. The van der Waals surface area contributed by atoms with Crippen molar-refractivity contribution in [2.45, 2.75) is 25.8 Å². The van der Waals surface area contributed by atoms with E-state index in [0.29, 0.717) is 6.04 Å². The van der Waals surface area contributed by atoms with Crippen LogP contribution in [0, 0.1) is 0 Å². The number of benzene rings is 2. The lowest BCUT2D eigenvalue weighted by Gasteiger charge is -2.23. The van der Waals surface area contributed by atoms with Crippen molar-refractivity contribution < 1.29 is 4.74 Å². The zero-order valence-electron chi connectivity index (χ0n) is 15.7. The fourth-order valence-electron chi connectivity index (χ4n) is 3.56. The van der Waals surface area contributed by atoms with Gasteiger partial charge in [0.1, 0.15) is 11.6 Å². The molecule has 1 aliphatic rings. The normalized spacial score (nSPS) is 15.5. The molecule has 0 spiro atoms. The topological polar surface area (TPSA) is 50.3 Å². The molecule has 27 heavy (non-hydrogen) atoms. The maximum atomic E-state index is 5.20. The minimum atomic E-state index is 0.358. The van der Waals surface area contributed by atoms with Gasteiger partial charge in [-0.15, -0.1) is 0 Å². The first-order valence-corrected chi connectivity index (χ1v) is 9.31. The number of aromatic nitrogens is 2. The Morgan fingerprint density at radius 3 is 2.74 bits per heavy atom. The fourth-order valence-corrected chi connectivity index (χ4v) is 3.56. The Balaban J connectivity index is 1.43. The summed E-state index contributed by atoms with van der Waals surface area (Å²) in [5.74, 6) is 2.49. The quantitative estimate of drug-likeness (QED) is 0.713. The standard InChI is InChI=1S/C22H24N4O/c1-16-15-18-5-3-4-6-20(18)26(16)22-24-14-12-21(25-22)23-13-11-17-7-9-19(27-2)10-8-17/h3-10,12,14,16H,11,13,15H2,1-2H3,(H,23,24,25). The summed E-state index contributed by atoms with van der Waals surface area (Å²) in [5, 5.41) is 3.42. The predicted molar refractivity (Wildman–Crippen MR) is 109 cm³/mol. The molecular weight excluding hydrogens is 336 g/mol. The zero-order valence-corrected chi connectivity index (χ0v) is 15.7. The number of nitrogens with one attached hydrogen (secondary N) is 1. The Bertz CT molecular complexity index is 910. The number of methoxy groups -OCH3 is 1. The first kappa shape index (κ1) is 17.3. The molecule has 3 aromatic rings. The molecule has 0 amide bonds. The smallest absolute Gasteiger partial charge is 0.232 e. The lowest BCUT2D eigenvalue weighted by atomic mass is 10.1. The summed E-state index contributed by atoms with van der Waals surface area (Å²) in [6, 6.07) is 18.9. The number of ether oxygens (including phenoxy) is 1. The third-order valence-corrected chi connectivity index (χ3v) is 4.94. The van der Waals surface area contributed by atoms with E-state index in [0.717, 1.165) is 36.9 Å². The molecule has 0 aliphatic carbocycles. The average Bonchev–Trinajstić information content (AvgIpc) is 3.04. The van der Waals surface area contributed by atoms with Gasteiger partial charge in [-0.3, -0.25) is 0 Å². The van der Waals surface area contributed by atoms with Crippen molar-refractivity contribution in [1.29, 1.82) is 0 Å². The molecule has 1 N–H and O–H groups in total. The van der Waals surface area contributed by atoms with Gasteiger partial charge in [0.15, 0.2) is 0 Å². The number of fused-ring (bicyclic) bond motifs is 1. The number of hydrogen-bond acceptors (Lipinski definition) is 5. The van der Waals surface area contributed by atoms with Crippen molar-refractivity contribution in [1.82, 2.24) is 9.97 Å². The molecule has 0 bridgehead atoms.